The minimum Gasteiger partial charge on any atom is -0.494 e. The van der Waals surface area contributed by atoms with Crippen molar-refractivity contribution >= 4 is 29.4 Å². The summed E-state index contributed by atoms with van der Waals surface area (Å²) in [5.74, 6) is -4.79. The summed E-state index contributed by atoms with van der Waals surface area (Å²) >= 11 is 0. The van der Waals surface area contributed by atoms with E-state index in [1.165, 1.54) is 0 Å². The Morgan fingerprint density at radius 3 is 1.59 bits per heavy atom. The van der Waals surface area contributed by atoms with Crippen LogP contribution >= 0.6 is 0 Å². The first-order chi connectivity index (χ1) is 17.9. The molecule has 16 heteroatoms. The SMILES string of the molecule is N=C(N)c1ccc(C(=O)CCCCOc2cccc(C(=N)N)c2)cc1.O=C(O)C(F)(F)F.O=C(O)C(F)(F)F. The van der Waals surface area contributed by atoms with Gasteiger partial charge in [0, 0.05) is 23.1 Å². The second-order valence-electron chi connectivity index (χ2n) is 7.27. The molecule has 0 aromatic heterocycles. The standard InChI is InChI=1S/C19H22N4O2.2C2HF3O2/c20-18(21)14-9-7-13(8-10-14)17(24)6-1-2-11-25-16-5-3-4-15(12-16)19(22)23;2*3-2(4,5)1(6)7/h3-5,7-10,12H,1-2,6,11H2,(H3,20,21)(H3,22,23);2*(H,6,7). The van der Waals surface area contributed by atoms with E-state index in [0.717, 1.165) is 12.8 Å². The molecule has 0 amide bonds. The van der Waals surface area contributed by atoms with Gasteiger partial charge < -0.3 is 26.4 Å². The lowest BCUT2D eigenvalue weighted by Crippen LogP contribution is -2.21. The van der Waals surface area contributed by atoms with Gasteiger partial charge in [-0.1, -0.05) is 36.4 Å². The minimum absolute atomic E-state index is 0.00633. The molecule has 0 aliphatic heterocycles. The van der Waals surface area contributed by atoms with Crippen LogP contribution in [0.3, 0.4) is 0 Å². The Morgan fingerprint density at radius 2 is 1.18 bits per heavy atom. The van der Waals surface area contributed by atoms with Crippen LogP contribution in [0.1, 0.15) is 40.7 Å². The van der Waals surface area contributed by atoms with Gasteiger partial charge in [0.25, 0.3) is 0 Å². The third-order valence-corrected chi connectivity index (χ3v) is 4.21. The zero-order valence-corrected chi connectivity index (χ0v) is 19.9. The van der Waals surface area contributed by atoms with Gasteiger partial charge >= 0.3 is 24.3 Å². The lowest BCUT2D eigenvalue weighted by molar-refractivity contribution is -0.193. The van der Waals surface area contributed by atoms with Crippen molar-refractivity contribution in [2.45, 2.75) is 31.6 Å². The molecule has 39 heavy (non-hydrogen) atoms. The van der Waals surface area contributed by atoms with Crippen molar-refractivity contribution in [3.63, 3.8) is 0 Å². The number of nitrogens with one attached hydrogen (secondary N) is 2. The number of benzene rings is 2. The highest BCUT2D eigenvalue weighted by Crippen LogP contribution is 2.15. The molecule has 0 aliphatic carbocycles. The number of halogens is 6. The molecule has 0 saturated carbocycles. The van der Waals surface area contributed by atoms with Crippen molar-refractivity contribution in [3.05, 3.63) is 65.2 Å². The normalized spacial score (nSPS) is 10.6. The second-order valence-corrected chi connectivity index (χ2v) is 7.27. The maximum Gasteiger partial charge on any atom is 0.490 e. The topological polar surface area (TPSA) is 201 Å². The molecule has 0 unspecified atom stereocenters. The van der Waals surface area contributed by atoms with Gasteiger partial charge in [-0.15, -0.1) is 0 Å². The number of carbonyl (C=O) groups excluding carboxylic acids is 1. The molecular formula is C23H24F6N4O6. The second kappa shape index (κ2) is 15.6. The molecule has 2 aromatic rings. The minimum atomic E-state index is -5.08. The fourth-order valence-electron chi connectivity index (χ4n) is 2.31. The van der Waals surface area contributed by atoms with Crippen LogP contribution < -0.4 is 16.2 Å². The maximum atomic E-state index is 12.1. The number of nitrogen functional groups attached to an aromatic ring is 2. The molecule has 10 nitrogen and oxygen atoms in total. The highest BCUT2D eigenvalue weighted by atomic mass is 19.4. The summed E-state index contributed by atoms with van der Waals surface area (Å²) in [5, 5.41) is 29.0. The van der Waals surface area contributed by atoms with E-state index < -0.39 is 24.3 Å². The Morgan fingerprint density at radius 1 is 0.744 bits per heavy atom. The molecule has 0 fully saturated rings. The molecule has 0 atom stereocenters. The van der Waals surface area contributed by atoms with Gasteiger partial charge in [-0.25, -0.2) is 9.59 Å². The van der Waals surface area contributed by atoms with Gasteiger partial charge in [0.1, 0.15) is 17.4 Å². The third-order valence-electron chi connectivity index (χ3n) is 4.21. The first-order valence-corrected chi connectivity index (χ1v) is 10.5. The number of carbonyl (C=O) groups is 3. The summed E-state index contributed by atoms with van der Waals surface area (Å²) in [6.45, 7) is 0.498. The van der Waals surface area contributed by atoms with E-state index in [0.29, 0.717) is 35.5 Å². The summed E-state index contributed by atoms with van der Waals surface area (Å²) in [7, 11) is 0. The summed E-state index contributed by atoms with van der Waals surface area (Å²) < 4.78 is 69.1. The van der Waals surface area contributed by atoms with Crippen LogP contribution in [0.5, 0.6) is 5.75 Å². The van der Waals surface area contributed by atoms with E-state index in [1.54, 1.807) is 42.5 Å². The highest BCUT2D eigenvalue weighted by Gasteiger charge is 2.38. The molecule has 214 valence electrons. The maximum absolute atomic E-state index is 12.1. The summed E-state index contributed by atoms with van der Waals surface area (Å²) in [4.78, 5) is 29.9. The van der Waals surface area contributed by atoms with Crippen LogP contribution in [0.2, 0.25) is 0 Å². The lowest BCUT2D eigenvalue weighted by atomic mass is 10.0. The number of ether oxygens (including phenoxy) is 1. The zero-order chi connectivity index (χ0) is 30.4. The van der Waals surface area contributed by atoms with Crippen LogP contribution in [0.15, 0.2) is 48.5 Å². The highest BCUT2D eigenvalue weighted by molar-refractivity contribution is 5.99. The molecule has 2 rings (SSSR count). The number of hydrogen-bond donors (Lipinski definition) is 6. The molecule has 0 spiro atoms. The smallest absolute Gasteiger partial charge is 0.490 e. The summed E-state index contributed by atoms with van der Waals surface area (Å²) in [6.07, 6.45) is -8.25. The Bertz CT molecular complexity index is 1130. The number of ketones is 1. The lowest BCUT2D eigenvalue weighted by Gasteiger charge is -2.07. The first kappa shape index (κ1) is 34.4. The van der Waals surface area contributed by atoms with E-state index in [-0.39, 0.29) is 17.5 Å². The number of alkyl halides is 6. The Labute approximate surface area is 217 Å². The van der Waals surface area contributed by atoms with E-state index in [4.69, 9.17) is 46.8 Å². The van der Waals surface area contributed by atoms with Crippen molar-refractivity contribution < 1.29 is 55.7 Å². The van der Waals surface area contributed by atoms with Crippen LogP contribution in [-0.4, -0.2) is 58.6 Å². The molecule has 0 bridgehead atoms. The van der Waals surface area contributed by atoms with Gasteiger partial charge in [-0.05, 0) is 25.0 Å². The van der Waals surface area contributed by atoms with Crippen LogP contribution in [0.25, 0.3) is 0 Å². The van der Waals surface area contributed by atoms with Gasteiger partial charge in [0.05, 0.1) is 6.61 Å². The van der Waals surface area contributed by atoms with Gasteiger partial charge in [-0.3, -0.25) is 15.6 Å². The summed E-state index contributed by atoms with van der Waals surface area (Å²) in [5.41, 5.74) is 12.7. The number of amidine groups is 2. The first-order valence-electron chi connectivity index (χ1n) is 10.5. The molecule has 0 radical (unpaired) electrons. The van der Waals surface area contributed by atoms with Gasteiger partial charge in [-0.2, -0.15) is 26.3 Å². The largest absolute Gasteiger partial charge is 0.494 e. The third kappa shape index (κ3) is 14.6. The monoisotopic (exact) mass is 566 g/mol. The fourth-order valence-corrected chi connectivity index (χ4v) is 2.31. The van der Waals surface area contributed by atoms with E-state index in [9.17, 15) is 31.1 Å². The van der Waals surface area contributed by atoms with Crippen LogP contribution in [-0.2, 0) is 9.59 Å². The number of nitrogens with two attached hydrogens (primary N) is 2. The van der Waals surface area contributed by atoms with E-state index >= 15 is 0 Å². The number of carboxylic acid groups (broad SMARTS) is 2. The molecule has 2 aromatic carbocycles. The predicted octanol–water partition coefficient (Wildman–Crippen LogP) is 3.95. The molecular weight excluding hydrogens is 542 g/mol. The van der Waals surface area contributed by atoms with Crippen LogP contribution in [0.4, 0.5) is 26.3 Å². The number of hydrogen-bond acceptors (Lipinski definition) is 6. The number of Topliss-reactive ketones (excluding diaryl/α,β-unsaturated/α-hetero) is 1. The average Bonchev–Trinajstić information content (AvgIpc) is 2.83. The van der Waals surface area contributed by atoms with Crippen LogP contribution in [0, 0.1) is 10.8 Å². The average molecular weight is 566 g/mol. The molecule has 0 heterocycles. The van der Waals surface area contributed by atoms with E-state index in [1.807, 2.05) is 6.07 Å². The number of aliphatic carboxylic acids is 2. The summed E-state index contributed by atoms with van der Waals surface area (Å²) in [6, 6.07) is 13.8. The number of rotatable bonds is 9. The Hall–Kier alpha value is -4.63. The van der Waals surface area contributed by atoms with Crippen molar-refractivity contribution in [1.29, 1.82) is 10.8 Å². The number of unbranched alkanes of at least 4 members (excludes halogenated alkanes) is 1. The van der Waals surface area contributed by atoms with Gasteiger partial charge in [0.2, 0.25) is 0 Å². The molecule has 0 aliphatic rings. The fraction of sp³-hybridized carbons (Fsp3) is 0.261. The van der Waals surface area contributed by atoms with Crippen molar-refractivity contribution in [2.24, 2.45) is 11.5 Å². The van der Waals surface area contributed by atoms with E-state index in [2.05, 4.69) is 0 Å². The Balaban J connectivity index is 0.000000848. The zero-order valence-electron chi connectivity index (χ0n) is 19.9. The predicted molar refractivity (Wildman–Crippen MR) is 126 cm³/mol. The van der Waals surface area contributed by atoms with Gasteiger partial charge in [0.15, 0.2) is 5.78 Å². The number of carboxylic acids is 2. The quantitative estimate of drug-likeness (QED) is 0.0861. The van der Waals surface area contributed by atoms with Crippen molar-refractivity contribution in [3.8, 4) is 5.75 Å². The molecule has 0 saturated heterocycles. The van der Waals surface area contributed by atoms with Crippen molar-refractivity contribution in [2.75, 3.05) is 6.61 Å². The Kier molecular flexibility index (Phi) is 13.7. The molecule has 8 N–H and O–H groups in total. The van der Waals surface area contributed by atoms with Crippen molar-refractivity contribution in [1.82, 2.24) is 0 Å².